The molecule has 2 aromatic heterocycles. The molecule has 1 fully saturated rings. The second kappa shape index (κ2) is 6.48. The van der Waals surface area contributed by atoms with E-state index in [2.05, 4.69) is 35.6 Å². The van der Waals surface area contributed by atoms with Crippen LogP contribution in [0.5, 0.6) is 0 Å². The summed E-state index contributed by atoms with van der Waals surface area (Å²) in [6, 6.07) is 1.74. The molecule has 1 N–H and O–H groups in total. The minimum Gasteiger partial charge on any atom is -0.324 e. The van der Waals surface area contributed by atoms with E-state index in [4.69, 9.17) is 0 Å². The van der Waals surface area contributed by atoms with Gasteiger partial charge >= 0.3 is 6.03 Å². The molecule has 1 aliphatic heterocycles. The molecule has 6 nitrogen and oxygen atoms in total. The van der Waals surface area contributed by atoms with Gasteiger partial charge in [0.25, 0.3) is 0 Å². The summed E-state index contributed by atoms with van der Waals surface area (Å²) in [5.41, 5.74) is 0. The second-order valence-electron chi connectivity index (χ2n) is 4.83. The summed E-state index contributed by atoms with van der Waals surface area (Å²) in [6.07, 6.45) is 6.99. The Morgan fingerprint density at radius 3 is 2.67 bits per heavy atom. The molecule has 0 bridgehead atoms. The van der Waals surface area contributed by atoms with Crippen LogP contribution in [0.15, 0.2) is 29.1 Å². The van der Waals surface area contributed by atoms with Crippen molar-refractivity contribution >= 4 is 38.5 Å². The summed E-state index contributed by atoms with van der Waals surface area (Å²) in [5.74, 6) is 1.19. The van der Waals surface area contributed by atoms with Gasteiger partial charge in [0.05, 0.1) is 4.47 Å². The molecule has 3 rings (SSSR count). The number of carbonyl (C=O) groups excluding carboxylic acids is 1. The lowest BCUT2D eigenvalue weighted by Gasteiger charge is -2.31. The topological polar surface area (TPSA) is 71.0 Å². The van der Waals surface area contributed by atoms with Crippen LogP contribution < -0.4 is 5.32 Å². The van der Waals surface area contributed by atoms with Crippen molar-refractivity contribution in [2.75, 3.05) is 18.4 Å². The lowest BCUT2D eigenvalue weighted by atomic mass is 9.96. The number of anilines is 1. The number of nitrogens with zero attached hydrogens (tertiary/aromatic N) is 4. The Morgan fingerprint density at radius 2 is 2.05 bits per heavy atom. The molecule has 0 atom stereocenters. The number of urea groups is 1. The molecule has 110 valence electrons. The zero-order chi connectivity index (χ0) is 14.7. The smallest absolute Gasteiger partial charge is 0.322 e. The molecule has 1 aliphatic rings. The van der Waals surface area contributed by atoms with Gasteiger partial charge in [-0.15, -0.1) is 0 Å². The Hall–Kier alpha value is -1.54. The predicted octanol–water partition coefficient (Wildman–Crippen LogP) is 3.11. The minimum atomic E-state index is -0.0607. The van der Waals surface area contributed by atoms with Crippen LogP contribution in [0.2, 0.25) is 0 Å². The number of piperidine rings is 1. The van der Waals surface area contributed by atoms with E-state index in [0.29, 0.717) is 19.0 Å². The van der Waals surface area contributed by atoms with Crippen LogP contribution in [0.1, 0.15) is 24.6 Å². The molecule has 0 saturated carbocycles. The molecular weight excluding hydrogens is 354 g/mol. The lowest BCUT2D eigenvalue weighted by molar-refractivity contribution is 0.193. The standard InChI is InChI=1S/C13H14BrN5OS/c14-10-7-15-12(16-8-10)9-2-5-19(6-3-9)13(20)18-11-1-4-17-21-11/h1,4,7-9H,2-3,5-6H2,(H,18,20). The Labute approximate surface area is 134 Å². The summed E-state index contributed by atoms with van der Waals surface area (Å²) in [5, 5.41) is 3.64. The van der Waals surface area contributed by atoms with Gasteiger partial charge in [0, 0.05) is 37.6 Å². The summed E-state index contributed by atoms with van der Waals surface area (Å²) >= 11 is 4.62. The van der Waals surface area contributed by atoms with E-state index in [1.165, 1.54) is 11.5 Å². The van der Waals surface area contributed by atoms with Crippen molar-refractivity contribution < 1.29 is 4.79 Å². The second-order valence-corrected chi connectivity index (χ2v) is 6.58. The molecular formula is C13H14BrN5OS. The molecule has 0 unspecified atom stereocenters. The Morgan fingerprint density at radius 1 is 1.33 bits per heavy atom. The minimum absolute atomic E-state index is 0.0607. The summed E-state index contributed by atoms with van der Waals surface area (Å²) in [4.78, 5) is 22.6. The molecule has 8 heteroatoms. The van der Waals surface area contributed by atoms with Crippen LogP contribution in [-0.4, -0.2) is 38.4 Å². The zero-order valence-electron chi connectivity index (χ0n) is 11.2. The third-order valence-corrected chi connectivity index (χ3v) is 4.53. The van der Waals surface area contributed by atoms with Crippen LogP contribution >= 0.6 is 27.5 Å². The van der Waals surface area contributed by atoms with E-state index < -0.39 is 0 Å². The number of aromatic nitrogens is 3. The highest BCUT2D eigenvalue weighted by molar-refractivity contribution is 9.10. The number of hydrogen-bond acceptors (Lipinski definition) is 5. The molecule has 3 heterocycles. The van der Waals surface area contributed by atoms with E-state index in [-0.39, 0.29) is 6.03 Å². The predicted molar refractivity (Wildman–Crippen MR) is 84.4 cm³/mol. The first-order chi connectivity index (χ1) is 10.2. The molecule has 0 spiro atoms. The maximum absolute atomic E-state index is 12.1. The quantitative estimate of drug-likeness (QED) is 0.884. The Balaban J connectivity index is 1.55. The number of nitrogens with one attached hydrogen (secondary N) is 1. The van der Waals surface area contributed by atoms with E-state index in [0.717, 1.165) is 28.1 Å². The average molecular weight is 368 g/mol. The highest BCUT2D eigenvalue weighted by Gasteiger charge is 2.25. The van der Waals surface area contributed by atoms with Crippen molar-refractivity contribution in [3.8, 4) is 0 Å². The molecule has 0 radical (unpaired) electrons. The van der Waals surface area contributed by atoms with Gasteiger partial charge < -0.3 is 4.90 Å². The van der Waals surface area contributed by atoms with Gasteiger partial charge in [-0.2, -0.15) is 4.37 Å². The summed E-state index contributed by atoms with van der Waals surface area (Å²) in [7, 11) is 0. The highest BCUT2D eigenvalue weighted by Crippen LogP contribution is 2.26. The maximum atomic E-state index is 12.1. The van der Waals surface area contributed by atoms with Gasteiger partial charge in [0.15, 0.2) is 0 Å². The van der Waals surface area contributed by atoms with Crippen molar-refractivity contribution in [2.45, 2.75) is 18.8 Å². The van der Waals surface area contributed by atoms with Crippen LogP contribution in [-0.2, 0) is 0 Å². The largest absolute Gasteiger partial charge is 0.324 e. The van der Waals surface area contributed by atoms with Gasteiger partial charge in [0.2, 0.25) is 0 Å². The number of amides is 2. The Bertz CT molecular complexity index is 596. The van der Waals surface area contributed by atoms with Crippen molar-refractivity contribution in [1.82, 2.24) is 19.2 Å². The molecule has 2 amide bonds. The van der Waals surface area contributed by atoms with Gasteiger partial charge in [-0.05, 0) is 46.4 Å². The van der Waals surface area contributed by atoms with Gasteiger partial charge in [-0.25, -0.2) is 14.8 Å². The van der Waals surface area contributed by atoms with Crippen LogP contribution in [0.4, 0.5) is 9.80 Å². The van der Waals surface area contributed by atoms with Crippen molar-refractivity contribution in [3.05, 3.63) is 35.0 Å². The number of likely N-dealkylation sites (tertiary alicyclic amines) is 1. The fourth-order valence-corrected chi connectivity index (χ4v) is 3.03. The fraction of sp³-hybridized carbons (Fsp3) is 0.385. The van der Waals surface area contributed by atoms with Gasteiger partial charge in [0.1, 0.15) is 10.8 Å². The number of carbonyl (C=O) groups is 1. The fourth-order valence-electron chi connectivity index (χ4n) is 2.34. The van der Waals surface area contributed by atoms with E-state index in [1.54, 1.807) is 24.7 Å². The third kappa shape index (κ3) is 3.56. The number of rotatable bonds is 2. The third-order valence-electron chi connectivity index (χ3n) is 3.46. The Kier molecular flexibility index (Phi) is 4.45. The van der Waals surface area contributed by atoms with Crippen molar-refractivity contribution in [1.29, 1.82) is 0 Å². The number of hydrogen-bond donors (Lipinski definition) is 1. The molecule has 2 aromatic rings. The molecule has 0 aromatic carbocycles. The first-order valence-corrected chi connectivity index (χ1v) is 8.23. The molecule has 1 saturated heterocycles. The van der Waals surface area contributed by atoms with Crippen LogP contribution in [0.25, 0.3) is 0 Å². The van der Waals surface area contributed by atoms with E-state index in [9.17, 15) is 4.79 Å². The van der Waals surface area contributed by atoms with E-state index >= 15 is 0 Å². The van der Waals surface area contributed by atoms with Crippen molar-refractivity contribution in [2.24, 2.45) is 0 Å². The van der Waals surface area contributed by atoms with Crippen LogP contribution in [0, 0.1) is 0 Å². The lowest BCUT2D eigenvalue weighted by Crippen LogP contribution is -2.40. The zero-order valence-corrected chi connectivity index (χ0v) is 13.6. The summed E-state index contributed by atoms with van der Waals surface area (Å²) in [6.45, 7) is 1.43. The number of halogens is 1. The van der Waals surface area contributed by atoms with Gasteiger partial charge in [-0.1, -0.05) is 0 Å². The SMILES string of the molecule is O=C(Nc1ccns1)N1CCC(c2ncc(Br)cn2)CC1. The highest BCUT2D eigenvalue weighted by atomic mass is 79.9. The normalized spacial score (nSPS) is 16.0. The molecule has 21 heavy (non-hydrogen) atoms. The first kappa shape index (κ1) is 14.4. The van der Waals surface area contributed by atoms with Gasteiger partial charge in [-0.3, -0.25) is 5.32 Å². The summed E-state index contributed by atoms with van der Waals surface area (Å²) < 4.78 is 4.85. The first-order valence-electron chi connectivity index (χ1n) is 6.66. The maximum Gasteiger partial charge on any atom is 0.322 e. The molecule has 0 aliphatic carbocycles. The monoisotopic (exact) mass is 367 g/mol. The van der Waals surface area contributed by atoms with E-state index in [1.807, 2.05) is 4.90 Å². The van der Waals surface area contributed by atoms with Crippen molar-refractivity contribution in [3.63, 3.8) is 0 Å². The average Bonchev–Trinajstić information content (AvgIpc) is 3.01. The van der Waals surface area contributed by atoms with Crippen LogP contribution in [0.3, 0.4) is 0 Å².